The van der Waals surface area contributed by atoms with E-state index < -0.39 is 0 Å². The summed E-state index contributed by atoms with van der Waals surface area (Å²) in [6.45, 7) is 11.7. The van der Waals surface area contributed by atoms with Gasteiger partial charge in [0.25, 0.3) is 0 Å². The first-order valence-electron chi connectivity index (χ1n) is 25.3. The largest absolute Gasteiger partial charge is 0.0654 e. The van der Waals surface area contributed by atoms with E-state index in [1.165, 1.54) is 173 Å². The van der Waals surface area contributed by atoms with Gasteiger partial charge >= 0.3 is 0 Å². The van der Waals surface area contributed by atoms with Crippen molar-refractivity contribution in [3.8, 4) is 55.6 Å². The zero-order valence-electron chi connectivity index (χ0n) is 40.0. The summed E-state index contributed by atoms with van der Waals surface area (Å²) < 4.78 is 0. The quantitative estimate of drug-likeness (QED) is 0.0596. The molecule has 0 aromatic heterocycles. The summed E-state index contributed by atoms with van der Waals surface area (Å²) in [6, 6.07) is 62.8. The van der Waals surface area contributed by atoms with Crippen LogP contribution in [-0.2, 0) is 10.8 Å². The lowest BCUT2D eigenvalue weighted by Crippen LogP contribution is -2.25. The summed E-state index contributed by atoms with van der Waals surface area (Å²) in [4.78, 5) is 0. The van der Waals surface area contributed by atoms with Crippen molar-refractivity contribution in [3.05, 3.63) is 180 Å². The molecule has 0 amide bonds. The zero-order valence-corrected chi connectivity index (χ0v) is 40.0. The monoisotopic (exact) mass is 851 g/mol. The van der Waals surface area contributed by atoms with E-state index in [0.29, 0.717) is 0 Å². The summed E-state index contributed by atoms with van der Waals surface area (Å²) in [5, 5.41) is 5.28. The maximum Gasteiger partial charge on any atom is 0.0215 e. The number of hydrogen-bond donors (Lipinski definition) is 0. The standard InChI is InChI=1S/C65H70/c1-6-8-10-12-14-25-43-65(44-26-15-13-11-9-7-2)60-34-24-23-30-53(60)54-41-39-50(45-61(54)65)62-56-32-21-22-33-57(56)63(58-42-40-51(46-59(58)62)64(3,4)5)55-31-20-19-29-52(55)49-37-35-48(36-38-49)47-27-17-16-18-28-47/h16-24,27-42,45-46H,6-15,25-26,43-44H2,1-5H3. The molecule has 0 spiro atoms. The molecule has 0 radical (unpaired) electrons. The van der Waals surface area contributed by atoms with Crippen LogP contribution in [0.1, 0.15) is 141 Å². The fourth-order valence-electron chi connectivity index (χ4n) is 11.4. The predicted octanol–water partition coefficient (Wildman–Crippen LogP) is 19.7. The van der Waals surface area contributed by atoms with Crippen molar-refractivity contribution in [1.29, 1.82) is 0 Å². The van der Waals surface area contributed by atoms with Crippen LogP contribution in [0, 0.1) is 0 Å². The van der Waals surface area contributed by atoms with E-state index in [-0.39, 0.29) is 10.8 Å². The predicted molar refractivity (Wildman–Crippen MR) is 284 cm³/mol. The van der Waals surface area contributed by atoms with Gasteiger partial charge < -0.3 is 0 Å². The molecule has 330 valence electrons. The van der Waals surface area contributed by atoms with Gasteiger partial charge in [-0.1, -0.05) is 263 Å². The molecule has 0 heteroatoms. The Bertz CT molecular complexity index is 2850. The summed E-state index contributed by atoms with van der Waals surface area (Å²) in [5.41, 5.74) is 17.7. The second kappa shape index (κ2) is 19.8. The average molecular weight is 851 g/mol. The molecule has 0 fully saturated rings. The molecule has 0 aliphatic heterocycles. The zero-order chi connectivity index (χ0) is 44.8. The lowest BCUT2D eigenvalue weighted by Gasteiger charge is -2.33. The Balaban J connectivity index is 1.23. The molecular weight excluding hydrogens is 781 g/mol. The van der Waals surface area contributed by atoms with E-state index in [9.17, 15) is 0 Å². The summed E-state index contributed by atoms with van der Waals surface area (Å²) in [6.07, 6.45) is 18.3. The molecular formula is C65H70. The van der Waals surface area contributed by atoms with Gasteiger partial charge in [0.05, 0.1) is 0 Å². The van der Waals surface area contributed by atoms with Crippen molar-refractivity contribution in [2.75, 3.05) is 0 Å². The molecule has 1 aliphatic carbocycles. The van der Waals surface area contributed by atoms with E-state index >= 15 is 0 Å². The summed E-state index contributed by atoms with van der Waals surface area (Å²) in [5.74, 6) is 0. The van der Waals surface area contributed by atoms with Crippen LogP contribution in [0.15, 0.2) is 164 Å². The Hall–Kier alpha value is -5.72. The second-order valence-corrected chi connectivity index (χ2v) is 20.2. The molecule has 65 heavy (non-hydrogen) atoms. The van der Waals surface area contributed by atoms with E-state index in [1.54, 1.807) is 11.1 Å². The van der Waals surface area contributed by atoms with Gasteiger partial charge in [0, 0.05) is 5.41 Å². The molecule has 0 heterocycles. The van der Waals surface area contributed by atoms with Crippen molar-refractivity contribution in [2.24, 2.45) is 0 Å². The van der Waals surface area contributed by atoms with Gasteiger partial charge in [-0.2, -0.15) is 0 Å². The third kappa shape index (κ3) is 8.99. The Labute approximate surface area is 391 Å². The maximum absolute atomic E-state index is 2.68. The number of benzene rings is 8. The molecule has 0 saturated heterocycles. The van der Waals surface area contributed by atoms with Crippen LogP contribution in [0.2, 0.25) is 0 Å². The average Bonchev–Trinajstić information content (AvgIpc) is 3.61. The van der Waals surface area contributed by atoms with Crippen LogP contribution in [0.25, 0.3) is 77.2 Å². The van der Waals surface area contributed by atoms with Crippen molar-refractivity contribution < 1.29 is 0 Å². The fraction of sp³-hybridized carbons (Fsp3) is 0.323. The van der Waals surface area contributed by atoms with Crippen LogP contribution < -0.4 is 0 Å². The van der Waals surface area contributed by atoms with Crippen molar-refractivity contribution >= 4 is 21.5 Å². The fourth-order valence-corrected chi connectivity index (χ4v) is 11.4. The van der Waals surface area contributed by atoms with Crippen LogP contribution >= 0.6 is 0 Å². The van der Waals surface area contributed by atoms with Crippen LogP contribution in [0.3, 0.4) is 0 Å². The Morgan fingerprint density at radius 3 is 1.49 bits per heavy atom. The summed E-state index contributed by atoms with van der Waals surface area (Å²) >= 11 is 0. The first-order chi connectivity index (χ1) is 31.8. The molecule has 1 aliphatic rings. The highest BCUT2D eigenvalue weighted by Gasteiger charge is 2.42. The smallest absolute Gasteiger partial charge is 0.0215 e. The van der Waals surface area contributed by atoms with Gasteiger partial charge in [0.1, 0.15) is 0 Å². The third-order valence-corrected chi connectivity index (χ3v) is 14.9. The lowest BCUT2D eigenvalue weighted by atomic mass is 9.70. The number of rotatable bonds is 18. The van der Waals surface area contributed by atoms with Crippen LogP contribution in [-0.4, -0.2) is 0 Å². The number of unbranched alkanes of at least 4 members (excludes halogenated alkanes) is 10. The van der Waals surface area contributed by atoms with Crippen molar-refractivity contribution in [3.63, 3.8) is 0 Å². The molecule has 0 unspecified atom stereocenters. The Morgan fingerprint density at radius 2 is 0.831 bits per heavy atom. The second-order valence-electron chi connectivity index (χ2n) is 20.2. The molecule has 0 saturated carbocycles. The van der Waals surface area contributed by atoms with Crippen LogP contribution in [0.5, 0.6) is 0 Å². The van der Waals surface area contributed by atoms with E-state index in [0.717, 1.165) is 0 Å². The minimum Gasteiger partial charge on any atom is -0.0654 e. The highest BCUT2D eigenvalue weighted by molar-refractivity contribution is 6.22. The highest BCUT2D eigenvalue weighted by Crippen LogP contribution is 2.56. The minimum atomic E-state index is -0.00132. The molecule has 9 rings (SSSR count). The molecule has 8 aromatic carbocycles. The normalized spacial score (nSPS) is 13.1. The molecule has 0 atom stereocenters. The van der Waals surface area contributed by atoms with Crippen molar-refractivity contribution in [2.45, 2.75) is 135 Å². The van der Waals surface area contributed by atoms with Gasteiger partial charge in [-0.3, -0.25) is 0 Å². The van der Waals surface area contributed by atoms with Crippen molar-refractivity contribution in [1.82, 2.24) is 0 Å². The third-order valence-electron chi connectivity index (χ3n) is 14.9. The Morgan fingerprint density at radius 1 is 0.338 bits per heavy atom. The van der Waals surface area contributed by atoms with Gasteiger partial charge in [-0.15, -0.1) is 0 Å². The van der Waals surface area contributed by atoms with E-state index in [1.807, 2.05) is 0 Å². The van der Waals surface area contributed by atoms with E-state index in [4.69, 9.17) is 0 Å². The van der Waals surface area contributed by atoms with Gasteiger partial charge in [0.2, 0.25) is 0 Å². The molecule has 8 aromatic rings. The number of hydrogen-bond acceptors (Lipinski definition) is 0. The van der Waals surface area contributed by atoms with Gasteiger partial charge in [0.15, 0.2) is 0 Å². The number of fused-ring (bicyclic) bond motifs is 5. The SMILES string of the molecule is CCCCCCCCC1(CCCCCCCC)c2ccccc2-c2ccc(-c3c4ccccc4c(-c4ccccc4-c4ccc(-c5ccccc5)cc4)c4ccc(C(C)(C)C)cc34)cc21. The topological polar surface area (TPSA) is 0 Å². The van der Waals surface area contributed by atoms with Crippen LogP contribution in [0.4, 0.5) is 0 Å². The lowest BCUT2D eigenvalue weighted by molar-refractivity contribution is 0.398. The summed E-state index contributed by atoms with van der Waals surface area (Å²) in [7, 11) is 0. The maximum atomic E-state index is 2.68. The van der Waals surface area contributed by atoms with Gasteiger partial charge in [-0.25, -0.2) is 0 Å². The first kappa shape index (κ1) is 44.5. The highest BCUT2D eigenvalue weighted by atomic mass is 14.4. The molecule has 0 N–H and O–H groups in total. The minimum absolute atomic E-state index is 0.00132. The first-order valence-corrected chi connectivity index (χ1v) is 25.3. The van der Waals surface area contributed by atoms with Gasteiger partial charge in [-0.05, 0) is 124 Å². The molecule has 0 nitrogen and oxygen atoms in total. The molecule has 0 bridgehead atoms. The Kier molecular flexibility index (Phi) is 13.5. The van der Waals surface area contributed by atoms with E-state index in [2.05, 4.69) is 198 Å².